The molecule has 2 N–H and O–H groups in total. The second-order valence-corrected chi connectivity index (χ2v) is 6.45. The van der Waals surface area contributed by atoms with Crippen LogP contribution in [-0.2, 0) is 16.1 Å². The van der Waals surface area contributed by atoms with Gasteiger partial charge in [0, 0.05) is 35.8 Å². The number of hydrogen-bond donors (Lipinski definition) is 2. The first kappa shape index (κ1) is 16.9. The molecule has 8 heteroatoms. The first-order chi connectivity index (χ1) is 11.8. The largest absolute Gasteiger partial charge is 0.465 e. The van der Waals surface area contributed by atoms with Gasteiger partial charge in [0.15, 0.2) is 0 Å². The van der Waals surface area contributed by atoms with Gasteiger partial charge in [0.1, 0.15) is 6.04 Å². The highest BCUT2D eigenvalue weighted by atomic mass is 16.4. The molecule has 1 unspecified atom stereocenters. The van der Waals surface area contributed by atoms with Crippen LogP contribution in [0.1, 0.15) is 42.6 Å². The summed E-state index contributed by atoms with van der Waals surface area (Å²) in [5.74, 6) is -0.922. The van der Waals surface area contributed by atoms with Gasteiger partial charge in [-0.3, -0.25) is 24.6 Å². The van der Waals surface area contributed by atoms with Crippen LogP contribution in [0, 0.1) is 0 Å². The fraction of sp³-hybridized carbons (Fsp3) is 0.412. The number of amides is 4. The Bertz CT molecular complexity index is 774. The zero-order valence-electron chi connectivity index (χ0n) is 14.0. The molecule has 2 aliphatic heterocycles. The zero-order chi connectivity index (χ0) is 18.3. The Balaban J connectivity index is 1.90. The fourth-order valence-corrected chi connectivity index (χ4v) is 3.46. The molecule has 2 aliphatic rings. The molecule has 0 aromatic heterocycles. The Labute approximate surface area is 144 Å². The van der Waals surface area contributed by atoms with Crippen molar-refractivity contribution in [1.82, 2.24) is 9.80 Å². The van der Waals surface area contributed by atoms with E-state index in [-0.39, 0.29) is 43.1 Å². The van der Waals surface area contributed by atoms with Crippen LogP contribution >= 0.6 is 0 Å². The zero-order valence-corrected chi connectivity index (χ0v) is 14.0. The van der Waals surface area contributed by atoms with Crippen LogP contribution in [0.15, 0.2) is 18.2 Å². The molecule has 8 nitrogen and oxygen atoms in total. The van der Waals surface area contributed by atoms with Crippen molar-refractivity contribution in [2.75, 3.05) is 5.32 Å². The van der Waals surface area contributed by atoms with E-state index in [1.165, 1.54) is 9.80 Å². The van der Waals surface area contributed by atoms with Crippen LogP contribution in [-0.4, -0.2) is 50.8 Å². The molecule has 132 valence electrons. The minimum absolute atomic E-state index is 0.140. The van der Waals surface area contributed by atoms with E-state index >= 15 is 0 Å². The molecule has 0 spiro atoms. The van der Waals surface area contributed by atoms with Crippen molar-refractivity contribution in [1.29, 1.82) is 0 Å². The molecule has 1 fully saturated rings. The van der Waals surface area contributed by atoms with Gasteiger partial charge >= 0.3 is 6.09 Å². The third kappa shape index (κ3) is 2.84. The van der Waals surface area contributed by atoms with Gasteiger partial charge in [-0.1, -0.05) is 6.07 Å². The lowest BCUT2D eigenvalue weighted by molar-refractivity contribution is -0.154. The van der Waals surface area contributed by atoms with Crippen LogP contribution in [0.5, 0.6) is 0 Å². The summed E-state index contributed by atoms with van der Waals surface area (Å²) in [6.07, 6.45) is -0.735. The third-order valence-corrected chi connectivity index (χ3v) is 4.55. The third-order valence-electron chi connectivity index (χ3n) is 4.55. The molecular weight excluding hydrogens is 326 g/mol. The summed E-state index contributed by atoms with van der Waals surface area (Å²) in [5.41, 5.74) is 1.27. The normalized spacial score (nSPS) is 20.3. The maximum atomic E-state index is 12.7. The molecule has 1 saturated heterocycles. The summed E-state index contributed by atoms with van der Waals surface area (Å²) in [6, 6.07) is 3.81. The molecule has 1 aromatic carbocycles. The number of rotatable bonds is 3. The standard InChI is InChI=1S/C17H19N3O5/c1-9(2)20-14(21)7-6-13(16(20)23)19-8-11-10(15(19)22)4-3-5-12(11)18-17(24)25/h3-5,9,13,18H,6-8H2,1-2H3,(H,24,25). The lowest BCUT2D eigenvalue weighted by Crippen LogP contribution is -2.56. The predicted molar refractivity (Wildman–Crippen MR) is 88.0 cm³/mol. The van der Waals surface area contributed by atoms with Crippen LogP contribution in [0.2, 0.25) is 0 Å². The Kier molecular flexibility index (Phi) is 4.20. The van der Waals surface area contributed by atoms with Gasteiger partial charge < -0.3 is 10.0 Å². The number of imide groups is 1. The van der Waals surface area contributed by atoms with Crippen molar-refractivity contribution in [2.24, 2.45) is 0 Å². The number of nitrogens with one attached hydrogen (secondary N) is 1. The summed E-state index contributed by atoms with van der Waals surface area (Å²) in [4.78, 5) is 51.0. The van der Waals surface area contributed by atoms with E-state index in [4.69, 9.17) is 5.11 Å². The van der Waals surface area contributed by atoms with Crippen molar-refractivity contribution in [3.05, 3.63) is 29.3 Å². The molecule has 3 rings (SSSR count). The SMILES string of the molecule is CC(C)N1C(=O)CCC(N2Cc3c(NC(=O)O)cccc3C2=O)C1=O. The molecule has 1 atom stereocenters. The van der Waals surface area contributed by atoms with Gasteiger partial charge in [-0.15, -0.1) is 0 Å². The number of nitrogens with zero attached hydrogens (tertiary/aromatic N) is 2. The number of piperidine rings is 1. The number of anilines is 1. The van der Waals surface area contributed by atoms with Gasteiger partial charge in [-0.05, 0) is 32.4 Å². The Morgan fingerprint density at radius 1 is 1.28 bits per heavy atom. The quantitative estimate of drug-likeness (QED) is 0.810. The first-order valence-electron chi connectivity index (χ1n) is 8.10. The molecule has 25 heavy (non-hydrogen) atoms. The second-order valence-electron chi connectivity index (χ2n) is 6.45. The Hall–Kier alpha value is -2.90. The van der Waals surface area contributed by atoms with E-state index in [9.17, 15) is 19.2 Å². The van der Waals surface area contributed by atoms with E-state index in [1.54, 1.807) is 32.0 Å². The van der Waals surface area contributed by atoms with E-state index < -0.39 is 12.1 Å². The molecule has 0 saturated carbocycles. The summed E-state index contributed by atoms with van der Waals surface area (Å²) in [7, 11) is 0. The van der Waals surface area contributed by atoms with Gasteiger partial charge in [0.2, 0.25) is 5.91 Å². The number of benzene rings is 1. The van der Waals surface area contributed by atoms with Gasteiger partial charge in [-0.25, -0.2) is 4.79 Å². The molecule has 4 amide bonds. The molecule has 0 radical (unpaired) electrons. The Morgan fingerprint density at radius 3 is 2.64 bits per heavy atom. The smallest absolute Gasteiger partial charge is 0.409 e. The molecule has 0 bridgehead atoms. The number of likely N-dealkylation sites (tertiary alicyclic amines) is 1. The minimum atomic E-state index is -1.22. The van der Waals surface area contributed by atoms with E-state index in [2.05, 4.69) is 5.32 Å². The number of carboxylic acid groups (broad SMARTS) is 1. The van der Waals surface area contributed by atoms with Crippen molar-refractivity contribution in [3.63, 3.8) is 0 Å². The average Bonchev–Trinajstić information content (AvgIpc) is 2.85. The van der Waals surface area contributed by atoms with Crippen molar-refractivity contribution in [3.8, 4) is 0 Å². The van der Waals surface area contributed by atoms with Crippen LogP contribution < -0.4 is 5.32 Å². The minimum Gasteiger partial charge on any atom is -0.465 e. The Morgan fingerprint density at radius 2 is 2.00 bits per heavy atom. The number of carbonyl (C=O) groups excluding carboxylic acids is 3. The molecule has 0 aliphatic carbocycles. The summed E-state index contributed by atoms with van der Waals surface area (Å²) >= 11 is 0. The van der Waals surface area contributed by atoms with Crippen LogP contribution in [0.3, 0.4) is 0 Å². The molecule has 2 heterocycles. The van der Waals surface area contributed by atoms with E-state index in [0.29, 0.717) is 16.8 Å². The molecular formula is C17H19N3O5. The maximum absolute atomic E-state index is 12.7. The van der Waals surface area contributed by atoms with Crippen molar-refractivity contribution in [2.45, 2.75) is 45.3 Å². The van der Waals surface area contributed by atoms with Gasteiger partial charge in [0.05, 0.1) is 0 Å². The van der Waals surface area contributed by atoms with E-state index in [1.807, 2.05) is 0 Å². The van der Waals surface area contributed by atoms with E-state index in [0.717, 1.165) is 0 Å². The fourth-order valence-electron chi connectivity index (χ4n) is 3.46. The topological polar surface area (TPSA) is 107 Å². The lowest BCUT2D eigenvalue weighted by atomic mass is 10.0. The summed E-state index contributed by atoms with van der Waals surface area (Å²) < 4.78 is 0. The summed E-state index contributed by atoms with van der Waals surface area (Å²) in [6.45, 7) is 3.66. The number of fused-ring (bicyclic) bond motifs is 1. The number of hydrogen-bond acceptors (Lipinski definition) is 4. The average molecular weight is 345 g/mol. The monoisotopic (exact) mass is 345 g/mol. The van der Waals surface area contributed by atoms with Gasteiger partial charge in [0.25, 0.3) is 11.8 Å². The van der Waals surface area contributed by atoms with Crippen molar-refractivity contribution >= 4 is 29.5 Å². The first-order valence-corrected chi connectivity index (χ1v) is 8.10. The second kappa shape index (κ2) is 6.19. The summed E-state index contributed by atoms with van der Waals surface area (Å²) in [5, 5.41) is 11.2. The number of carbonyl (C=O) groups is 4. The maximum Gasteiger partial charge on any atom is 0.409 e. The van der Waals surface area contributed by atoms with Crippen LogP contribution in [0.4, 0.5) is 10.5 Å². The predicted octanol–water partition coefficient (Wildman–Crippen LogP) is 1.66. The van der Waals surface area contributed by atoms with Crippen LogP contribution in [0.25, 0.3) is 0 Å². The lowest BCUT2D eigenvalue weighted by Gasteiger charge is -2.37. The molecule has 1 aromatic rings. The highest BCUT2D eigenvalue weighted by Crippen LogP contribution is 2.33. The van der Waals surface area contributed by atoms with Gasteiger partial charge in [-0.2, -0.15) is 0 Å². The van der Waals surface area contributed by atoms with Crippen molar-refractivity contribution < 1.29 is 24.3 Å². The highest BCUT2D eigenvalue weighted by molar-refractivity contribution is 6.06. The highest BCUT2D eigenvalue weighted by Gasteiger charge is 2.43.